The summed E-state index contributed by atoms with van der Waals surface area (Å²) in [6, 6.07) is 15.0. The molecule has 1 atom stereocenters. The zero-order valence-electron chi connectivity index (χ0n) is 14.5. The van der Waals surface area contributed by atoms with Crippen molar-refractivity contribution < 1.29 is 4.42 Å². The highest BCUT2D eigenvalue weighted by Gasteiger charge is 2.27. The van der Waals surface area contributed by atoms with Crippen LogP contribution in [-0.4, -0.2) is 28.2 Å². The summed E-state index contributed by atoms with van der Waals surface area (Å²) >= 11 is 1.63. The van der Waals surface area contributed by atoms with Crippen LogP contribution in [0, 0.1) is 5.92 Å². The lowest BCUT2D eigenvalue weighted by Crippen LogP contribution is -2.36. The highest BCUT2D eigenvalue weighted by atomic mass is 32.1. The lowest BCUT2D eigenvalue weighted by atomic mass is 9.89. The number of rotatable bonds is 5. The van der Waals surface area contributed by atoms with Crippen molar-refractivity contribution in [2.24, 2.45) is 5.92 Å². The molecule has 4 nitrogen and oxygen atoms in total. The van der Waals surface area contributed by atoms with Crippen molar-refractivity contribution in [3.8, 4) is 10.8 Å². The third kappa shape index (κ3) is 3.83. The maximum atomic E-state index is 5.91. The van der Waals surface area contributed by atoms with E-state index < -0.39 is 0 Å². The molecule has 3 aromatic rings. The molecule has 0 aliphatic carbocycles. The van der Waals surface area contributed by atoms with Gasteiger partial charge in [-0.3, -0.25) is 4.90 Å². The summed E-state index contributed by atoms with van der Waals surface area (Å²) in [6.45, 7) is 4.36. The Bertz CT molecular complexity index is 776. The summed E-state index contributed by atoms with van der Waals surface area (Å²) in [5.41, 5.74) is 1.45. The molecule has 1 aromatic carbocycles. The molecule has 1 aliphatic heterocycles. The molecule has 0 bridgehead atoms. The smallest absolute Gasteiger partial charge is 0.257 e. The molecule has 25 heavy (non-hydrogen) atoms. The quantitative estimate of drug-likeness (QED) is 0.660. The molecule has 5 heteroatoms. The fraction of sp³-hybridized carbons (Fsp3) is 0.400. The molecular formula is C20H23N3OS. The summed E-state index contributed by atoms with van der Waals surface area (Å²) in [5, 5.41) is 10.5. The first-order chi connectivity index (χ1) is 12.3. The van der Waals surface area contributed by atoms with Gasteiger partial charge in [0.05, 0.1) is 10.9 Å². The van der Waals surface area contributed by atoms with Crippen LogP contribution in [0.15, 0.2) is 52.3 Å². The van der Waals surface area contributed by atoms with Crippen molar-refractivity contribution in [3.05, 3.63) is 59.3 Å². The number of aromatic nitrogens is 2. The number of thiophene rings is 1. The van der Waals surface area contributed by atoms with Gasteiger partial charge in [-0.1, -0.05) is 36.4 Å². The second-order valence-corrected chi connectivity index (χ2v) is 7.72. The summed E-state index contributed by atoms with van der Waals surface area (Å²) in [6.07, 6.45) is 3.64. The number of nitrogens with zero attached hydrogens (tertiary/aromatic N) is 3. The van der Waals surface area contributed by atoms with Gasteiger partial charge in [0.15, 0.2) is 0 Å². The zero-order chi connectivity index (χ0) is 17.1. The van der Waals surface area contributed by atoms with E-state index in [1.807, 2.05) is 17.5 Å². The van der Waals surface area contributed by atoms with Gasteiger partial charge in [0, 0.05) is 0 Å². The highest BCUT2D eigenvalue weighted by molar-refractivity contribution is 7.13. The summed E-state index contributed by atoms with van der Waals surface area (Å²) in [5.74, 6) is 2.14. The Hall–Kier alpha value is -1.98. The maximum Gasteiger partial charge on any atom is 0.257 e. The van der Waals surface area contributed by atoms with Crippen LogP contribution in [0.3, 0.4) is 0 Å². The molecule has 0 N–H and O–H groups in total. The van der Waals surface area contributed by atoms with E-state index in [4.69, 9.17) is 4.42 Å². The number of piperidine rings is 1. The molecule has 2 aromatic heterocycles. The number of hydrogen-bond donors (Lipinski definition) is 0. The Kier molecular flexibility index (Phi) is 4.95. The van der Waals surface area contributed by atoms with Gasteiger partial charge in [0.25, 0.3) is 5.89 Å². The van der Waals surface area contributed by atoms with E-state index in [-0.39, 0.29) is 6.04 Å². The third-order valence-electron chi connectivity index (χ3n) is 5.09. The molecular weight excluding hydrogens is 330 g/mol. The highest BCUT2D eigenvalue weighted by Crippen LogP contribution is 2.30. The van der Waals surface area contributed by atoms with Crippen molar-refractivity contribution in [3.63, 3.8) is 0 Å². The fourth-order valence-electron chi connectivity index (χ4n) is 3.55. The van der Waals surface area contributed by atoms with Crippen molar-refractivity contribution in [2.75, 3.05) is 13.1 Å². The molecule has 1 unspecified atom stereocenters. The van der Waals surface area contributed by atoms with Gasteiger partial charge >= 0.3 is 0 Å². The predicted octanol–water partition coefficient (Wildman–Crippen LogP) is 4.81. The van der Waals surface area contributed by atoms with E-state index in [0.717, 1.165) is 29.8 Å². The maximum absolute atomic E-state index is 5.91. The van der Waals surface area contributed by atoms with E-state index in [1.54, 1.807) is 11.3 Å². The van der Waals surface area contributed by atoms with E-state index in [2.05, 4.69) is 52.4 Å². The van der Waals surface area contributed by atoms with Crippen LogP contribution in [0.4, 0.5) is 0 Å². The zero-order valence-corrected chi connectivity index (χ0v) is 15.3. The van der Waals surface area contributed by atoms with Crippen molar-refractivity contribution in [1.29, 1.82) is 0 Å². The molecule has 0 spiro atoms. The average molecular weight is 353 g/mol. The van der Waals surface area contributed by atoms with Crippen molar-refractivity contribution in [1.82, 2.24) is 15.1 Å². The van der Waals surface area contributed by atoms with Crippen LogP contribution in [0.25, 0.3) is 10.8 Å². The molecule has 0 saturated carbocycles. The predicted molar refractivity (Wildman–Crippen MR) is 100 cm³/mol. The molecule has 1 saturated heterocycles. The largest absolute Gasteiger partial charge is 0.418 e. The minimum atomic E-state index is 0.180. The molecule has 1 aliphatic rings. The first-order valence-electron chi connectivity index (χ1n) is 8.95. The van der Waals surface area contributed by atoms with Crippen molar-refractivity contribution >= 4 is 11.3 Å². The normalized spacial score (nSPS) is 17.6. The lowest BCUT2D eigenvalue weighted by molar-refractivity contribution is 0.125. The van der Waals surface area contributed by atoms with Crippen molar-refractivity contribution in [2.45, 2.75) is 32.2 Å². The average Bonchev–Trinajstić information content (AvgIpc) is 3.34. The molecule has 3 heterocycles. The minimum Gasteiger partial charge on any atom is -0.418 e. The number of benzene rings is 1. The van der Waals surface area contributed by atoms with Gasteiger partial charge in [0.1, 0.15) is 0 Å². The monoisotopic (exact) mass is 353 g/mol. The summed E-state index contributed by atoms with van der Waals surface area (Å²) < 4.78 is 5.91. The van der Waals surface area contributed by atoms with Crippen LogP contribution in [0.5, 0.6) is 0 Å². The standard InChI is InChI=1S/C20H23N3OS/c1-15(19-21-22-20(24-19)18-8-5-13-25-18)23-11-9-17(10-12-23)14-16-6-3-2-4-7-16/h2-8,13,15,17H,9-12,14H2,1H3. The van der Waals surface area contributed by atoms with Gasteiger partial charge in [0.2, 0.25) is 5.89 Å². The molecule has 130 valence electrons. The van der Waals surface area contributed by atoms with Crippen LogP contribution >= 0.6 is 11.3 Å². The van der Waals surface area contributed by atoms with Gasteiger partial charge in [-0.2, -0.15) is 0 Å². The van der Waals surface area contributed by atoms with Gasteiger partial charge < -0.3 is 4.42 Å². The molecule has 0 radical (unpaired) electrons. The van der Waals surface area contributed by atoms with Crippen LogP contribution in [0.1, 0.15) is 37.3 Å². The summed E-state index contributed by atoms with van der Waals surface area (Å²) in [7, 11) is 0. The minimum absolute atomic E-state index is 0.180. The molecule has 0 amide bonds. The van der Waals surface area contributed by atoms with E-state index in [0.29, 0.717) is 5.89 Å². The van der Waals surface area contributed by atoms with E-state index >= 15 is 0 Å². The lowest BCUT2D eigenvalue weighted by Gasteiger charge is -2.34. The Balaban J connectivity index is 1.34. The van der Waals surface area contributed by atoms with Crippen LogP contribution in [0.2, 0.25) is 0 Å². The Morgan fingerprint density at radius 1 is 1.12 bits per heavy atom. The van der Waals surface area contributed by atoms with Gasteiger partial charge in [-0.25, -0.2) is 0 Å². The second-order valence-electron chi connectivity index (χ2n) is 6.77. The topological polar surface area (TPSA) is 42.2 Å². The Morgan fingerprint density at radius 3 is 2.64 bits per heavy atom. The second kappa shape index (κ2) is 7.50. The summed E-state index contributed by atoms with van der Waals surface area (Å²) in [4.78, 5) is 3.50. The van der Waals surface area contributed by atoms with Crippen LogP contribution in [-0.2, 0) is 6.42 Å². The number of likely N-dealkylation sites (tertiary alicyclic amines) is 1. The Labute approximate surface area is 152 Å². The van der Waals surface area contributed by atoms with Gasteiger partial charge in [-0.05, 0) is 62.2 Å². The van der Waals surface area contributed by atoms with Gasteiger partial charge in [-0.15, -0.1) is 21.5 Å². The fourth-order valence-corrected chi connectivity index (χ4v) is 4.20. The first-order valence-corrected chi connectivity index (χ1v) is 9.83. The molecule has 4 rings (SSSR count). The van der Waals surface area contributed by atoms with Crippen LogP contribution < -0.4 is 0 Å². The molecule has 1 fully saturated rings. The van der Waals surface area contributed by atoms with E-state index in [1.165, 1.54) is 24.8 Å². The Morgan fingerprint density at radius 2 is 1.92 bits per heavy atom. The third-order valence-corrected chi connectivity index (χ3v) is 5.95. The first kappa shape index (κ1) is 16.5. The SMILES string of the molecule is CC(c1nnc(-c2cccs2)o1)N1CCC(Cc2ccccc2)CC1. The number of hydrogen-bond acceptors (Lipinski definition) is 5. The van der Waals surface area contributed by atoms with E-state index in [9.17, 15) is 0 Å².